The van der Waals surface area contributed by atoms with E-state index in [1.54, 1.807) is 0 Å². The number of aromatic amines is 1. The summed E-state index contributed by atoms with van der Waals surface area (Å²) in [6.07, 6.45) is 1.55. The minimum atomic E-state index is -0.0591. The van der Waals surface area contributed by atoms with Crippen molar-refractivity contribution in [2.75, 3.05) is 5.32 Å². The monoisotopic (exact) mass is 262 g/mol. The summed E-state index contributed by atoms with van der Waals surface area (Å²) in [6, 6.07) is 1.75. The van der Waals surface area contributed by atoms with Crippen molar-refractivity contribution in [3.63, 3.8) is 0 Å². The van der Waals surface area contributed by atoms with Gasteiger partial charge in [0.25, 0.3) is 0 Å². The largest absolute Gasteiger partial charge is 0.475 e. The third kappa shape index (κ3) is 3.64. The van der Waals surface area contributed by atoms with E-state index in [2.05, 4.69) is 30.5 Å². The van der Waals surface area contributed by atoms with Crippen molar-refractivity contribution in [2.45, 2.75) is 39.8 Å². The summed E-state index contributed by atoms with van der Waals surface area (Å²) in [5.74, 6) is 1.81. The lowest BCUT2D eigenvalue weighted by Crippen LogP contribution is -2.13. The molecule has 0 saturated heterocycles. The van der Waals surface area contributed by atoms with Crippen LogP contribution in [0.3, 0.4) is 0 Å². The number of aromatic nitrogens is 5. The van der Waals surface area contributed by atoms with Crippen molar-refractivity contribution < 1.29 is 4.74 Å². The number of nitrogens with one attached hydrogen (secondary N) is 2. The van der Waals surface area contributed by atoms with Gasteiger partial charge in [-0.3, -0.25) is 5.10 Å². The van der Waals surface area contributed by atoms with Crippen LogP contribution in [0.2, 0.25) is 0 Å². The van der Waals surface area contributed by atoms with Crippen molar-refractivity contribution >= 4 is 5.95 Å². The van der Waals surface area contributed by atoms with Gasteiger partial charge in [0.1, 0.15) is 12.2 Å². The molecule has 102 valence electrons. The smallest absolute Gasteiger partial charge is 0.226 e. The first-order valence-electron chi connectivity index (χ1n) is 6.18. The zero-order chi connectivity index (χ0) is 13.8. The molecule has 2 aromatic rings. The van der Waals surface area contributed by atoms with Gasteiger partial charge < -0.3 is 10.1 Å². The van der Waals surface area contributed by atoms with E-state index in [0.29, 0.717) is 11.8 Å². The van der Waals surface area contributed by atoms with E-state index in [-0.39, 0.29) is 12.1 Å². The maximum atomic E-state index is 5.58. The lowest BCUT2D eigenvalue weighted by molar-refractivity contribution is 0.232. The number of rotatable bonds is 5. The average molecular weight is 262 g/mol. The normalized spacial score (nSPS) is 12.5. The number of nitrogens with zero attached hydrogens (tertiary/aromatic N) is 4. The minimum absolute atomic E-state index is 0.0591. The molecular weight excluding hydrogens is 244 g/mol. The standard InChI is InChI=1S/C12H18N6O/c1-7(2)19-10-5-8(3)15-12(17-10)16-9(4)11-13-6-14-18-11/h5-7,9H,1-4H3,(H,13,14,18)(H,15,16,17). The van der Waals surface area contributed by atoms with Gasteiger partial charge in [-0.25, -0.2) is 9.97 Å². The van der Waals surface area contributed by atoms with E-state index in [1.807, 2.05) is 33.8 Å². The first kappa shape index (κ1) is 13.3. The highest BCUT2D eigenvalue weighted by Crippen LogP contribution is 2.17. The topological polar surface area (TPSA) is 88.6 Å². The number of aryl methyl sites for hydroxylation is 1. The van der Waals surface area contributed by atoms with Gasteiger partial charge in [-0.2, -0.15) is 10.1 Å². The summed E-state index contributed by atoms with van der Waals surface area (Å²) in [5, 5.41) is 9.79. The molecule has 0 amide bonds. The Hall–Kier alpha value is -2.18. The summed E-state index contributed by atoms with van der Waals surface area (Å²) in [7, 11) is 0. The summed E-state index contributed by atoms with van der Waals surface area (Å²) in [4.78, 5) is 12.7. The molecular formula is C12H18N6O. The highest BCUT2D eigenvalue weighted by Gasteiger charge is 2.11. The fraction of sp³-hybridized carbons (Fsp3) is 0.500. The molecule has 7 nitrogen and oxygen atoms in total. The van der Waals surface area contributed by atoms with E-state index in [9.17, 15) is 0 Å². The van der Waals surface area contributed by atoms with Gasteiger partial charge in [0.05, 0.1) is 12.1 Å². The predicted octanol–water partition coefficient (Wildman–Crippen LogP) is 1.86. The maximum absolute atomic E-state index is 5.58. The minimum Gasteiger partial charge on any atom is -0.475 e. The number of hydrogen-bond acceptors (Lipinski definition) is 6. The van der Waals surface area contributed by atoms with Crippen LogP contribution in [-0.2, 0) is 0 Å². The van der Waals surface area contributed by atoms with Crippen LogP contribution in [0, 0.1) is 6.92 Å². The Balaban J connectivity index is 2.13. The van der Waals surface area contributed by atoms with Gasteiger partial charge in [0, 0.05) is 11.8 Å². The summed E-state index contributed by atoms with van der Waals surface area (Å²) in [5.41, 5.74) is 0.845. The molecule has 0 fully saturated rings. The molecule has 7 heteroatoms. The first-order valence-corrected chi connectivity index (χ1v) is 6.18. The Labute approximate surface area is 111 Å². The summed E-state index contributed by atoms with van der Waals surface area (Å²) in [6.45, 7) is 7.78. The van der Waals surface area contributed by atoms with Crippen LogP contribution in [0.15, 0.2) is 12.4 Å². The molecule has 0 aromatic carbocycles. The zero-order valence-corrected chi connectivity index (χ0v) is 11.5. The average Bonchev–Trinajstić information content (AvgIpc) is 2.79. The van der Waals surface area contributed by atoms with E-state index < -0.39 is 0 Å². The van der Waals surface area contributed by atoms with Crippen LogP contribution in [0.1, 0.15) is 38.3 Å². The molecule has 2 heterocycles. The quantitative estimate of drug-likeness (QED) is 0.855. The SMILES string of the molecule is Cc1cc(OC(C)C)nc(NC(C)c2ncn[nH]2)n1. The molecule has 2 aromatic heterocycles. The lowest BCUT2D eigenvalue weighted by Gasteiger charge is -2.14. The maximum Gasteiger partial charge on any atom is 0.226 e. The van der Waals surface area contributed by atoms with Gasteiger partial charge in [0.2, 0.25) is 11.8 Å². The number of hydrogen-bond donors (Lipinski definition) is 2. The highest BCUT2D eigenvalue weighted by molar-refractivity contribution is 5.32. The second kappa shape index (κ2) is 5.64. The lowest BCUT2D eigenvalue weighted by atomic mass is 10.3. The fourth-order valence-electron chi connectivity index (χ4n) is 1.59. The predicted molar refractivity (Wildman–Crippen MR) is 71.0 cm³/mol. The molecule has 0 saturated carbocycles. The molecule has 0 bridgehead atoms. The Morgan fingerprint density at radius 3 is 2.68 bits per heavy atom. The Morgan fingerprint density at radius 2 is 2.05 bits per heavy atom. The summed E-state index contributed by atoms with van der Waals surface area (Å²) >= 11 is 0. The Kier molecular flexibility index (Phi) is 3.94. The number of ether oxygens (including phenoxy) is 1. The van der Waals surface area contributed by atoms with Crippen molar-refractivity contribution in [1.82, 2.24) is 25.1 Å². The van der Waals surface area contributed by atoms with E-state index in [1.165, 1.54) is 6.33 Å². The number of anilines is 1. The van der Waals surface area contributed by atoms with Crippen LogP contribution in [0.4, 0.5) is 5.95 Å². The number of H-pyrrole nitrogens is 1. The molecule has 0 spiro atoms. The molecule has 19 heavy (non-hydrogen) atoms. The van der Waals surface area contributed by atoms with Crippen LogP contribution in [0.25, 0.3) is 0 Å². The highest BCUT2D eigenvalue weighted by atomic mass is 16.5. The van der Waals surface area contributed by atoms with E-state index in [4.69, 9.17) is 4.74 Å². The van der Waals surface area contributed by atoms with Crippen LogP contribution in [0.5, 0.6) is 5.88 Å². The third-order valence-electron chi connectivity index (χ3n) is 2.38. The zero-order valence-electron chi connectivity index (χ0n) is 11.5. The molecule has 0 aliphatic rings. The van der Waals surface area contributed by atoms with Gasteiger partial charge in [-0.1, -0.05) is 0 Å². The van der Waals surface area contributed by atoms with Crippen molar-refractivity contribution in [3.8, 4) is 5.88 Å². The molecule has 0 aliphatic heterocycles. The van der Waals surface area contributed by atoms with Gasteiger partial charge in [-0.15, -0.1) is 0 Å². The van der Waals surface area contributed by atoms with Gasteiger partial charge in [0.15, 0.2) is 0 Å². The van der Waals surface area contributed by atoms with E-state index in [0.717, 1.165) is 11.5 Å². The van der Waals surface area contributed by atoms with Crippen molar-refractivity contribution in [2.24, 2.45) is 0 Å². The van der Waals surface area contributed by atoms with Crippen LogP contribution < -0.4 is 10.1 Å². The first-order chi connectivity index (χ1) is 9.04. The molecule has 0 aliphatic carbocycles. The van der Waals surface area contributed by atoms with Crippen molar-refractivity contribution in [3.05, 3.63) is 23.9 Å². The van der Waals surface area contributed by atoms with Gasteiger partial charge in [-0.05, 0) is 27.7 Å². The summed E-state index contributed by atoms with van der Waals surface area (Å²) < 4.78 is 5.58. The second-order valence-corrected chi connectivity index (χ2v) is 4.57. The van der Waals surface area contributed by atoms with Crippen LogP contribution >= 0.6 is 0 Å². The van der Waals surface area contributed by atoms with Crippen molar-refractivity contribution in [1.29, 1.82) is 0 Å². The molecule has 1 unspecified atom stereocenters. The molecule has 1 atom stereocenters. The molecule has 2 rings (SSSR count). The second-order valence-electron chi connectivity index (χ2n) is 4.57. The third-order valence-corrected chi connectivity index (χ3v) is 2.38. The fourth-order valence-corrected chi connectivity index (χ4v) is 1.59. The molecule has 0 radical (unpaired) electrons. The van der Waals surface area contributed by atoms with Gasteiger partial charge >= 0.3 is 0 Å². The Morgan fingerprint density at radius 1 is 1.26 bits per heavy atom. The van der Waals surface area contributed by atoms with Crippen LogP contribution in [-0.4, -0.2) is 31.3 Å². The Bertz CT molecular complexity index is 525. The molecule has 2 N–H and O–H groups in total. The van der Waals surface area contributed by atoms with E-state index >= 15 is 0 Å².